The molecular formula is C23H21F3N2O3S2. The number of fused-ring (bicyclic) bond motifs is 1. The molecule has 0 radical (unpaired) electrons. The van der Waals surface area contributed by atoms with Gasteiger partial charge in [-0.1, -0.05) is 36.4 Å². The maximum Gasteiger partial charge on any atom is 0.416 e. The first-order valence-electron chi connectivity index (χ1n) is 10.2. The van der Waals surface area contributed by atoms with Gasteiger partial charge in [0.25, 0.3) is 0 Å². The molecular weight excluding hydrogens is 473 g/mol. The highest BCUT2D eigenvalue weighted by molar-refractivity contribution is 8.00. The molecule has 1 fully saturated rings. The van der Waals surface area contributed by atoms with Crippen LogP contribution < -0.4 is 0 Å². The van der Waals surface area contributed by atoms with E-state index in [1.807, 2.05) is 24.3 Å². The van der Waals surface area contributed by atoms with Crippen molar-refractivity contribution in [3.05, 3.63) is 72.3 Å². The van der Waals surface area contributed by atoms with E-state index >= 15 is 0 Å². The number of carbonyl (C=O) groups is 1. The molecule has 1 aliphatic rings. The summed E-state index contributed by atoms with van der Waals surface area (Å²) >= 11 is 1.03. The Bertz CT molecular complexity index is 1270. The molecule has 1 aliphatic heterocycles. The zero-order valence-electron chi connectivity index (χ0n) is 17.5. The third-order valence-corrected chi connectivity index (χ3v) is 8.35. The van der Waals surface area contributed by atoms with Crippen molar-refractivity contribution in [2.24, 2.45) is 0 Å². The molecule has 33 heavy (non-hydrogen) atoms. The van der Waals surface area contributed by atoms with Gasteiger partial charge in [0, 0.05) is 31.1 Å². The van der Waals surface area contributed by atoms with E-state index in [9.17, 15) is 26.4 Å². The molecule has 0 N–H and O–H groups in total. The number of sulfonamides is 1. The lowest BCUT2D eigenvalue weighted by atomic mass is 10.1. The Kier molecular flexibility index (Phi) is 6.69. The predicted octanol–water partition coefficient (Wildman–Crippen LogP) is 4.48. The van der Waals surface area contributed by atoms with Crippen LogP contribution in [0.15, 0.2) is 76.5 Å². The summed E-state index contributed by atoms with van der Waals surface area (Å²) in [5.74, 6) is -0.251. The minimum absolute atomic E-state index is 0.0151. The summed E-state index contributed by atoms with van der Waals surface area (Å²) in [5.41, 5.74) is -0.757. The summed E-state index contributed by atoms with van der Waals surface area (Å²) < 4.78 is 66.0. The van der Waals surface area contributed by atoms with Gasteiger partial charge >= 0.3 is 6.18 Å². The van der Waals surface area contributed by atoms with Gasteiger partial charge in [0.1, 0.15) is 0 Å². The number of halogens is 3. The normalized spacial score (nSPS) is 15.7. The standard InChI is InChI=1S/C23H21F3N2O3S2/c24-23(25,26)19-6-3-7-20(15-19)32-16-22(29)27-10-12-28(13-11-27)33(30,31)21-9-8-17-4-1-2-5-18(17)14-21/h1-9,14-15H,10-13,16H2. The van der Waals surface area contributed by atoms with Crippen LogP contribution in [0.3, 0.4) is 0 Å². The number of thioether (sulfide) groups is 1. The van der Waals surface area contributed by atoms with Crippen molar-refractivity contribution in [3.8, 4) is 0 Å². The maximum atomic E-state index is 13.1. The molecule has 1 amide bonds. The topological polar surface area (TPSA) is 57.7 Å². The summed E-state index contributed by atoms with van der Waals surface area (Å²) in [4.78, 5) is 14.7. The predicted molar refractivity (Wildman–Crippen MR) is 121 cm³/mol. The number of benzene rings is 3. The number of piperazine rings is 1. The lowest BCUT2D eigenvalue weighted by Gasteiger charge is -2.34. The van der Waals surface area contributed by atoms with Crippen LogP contribution in [-0.2, 0) is 21.0 Å². The minimum Gasteiger partial charge on any atom is -0.339 e. The van der Waals surface area contributed by atoms with Crippen molar-refractivity contribution in [2.45, 2.75) is 16.0 Å². The van der Waals surface area contributed by atoms with Crippen molar-refractivity contribution in [1.82, 2.24) is 9.21 Å². The number of carbonyl (C=O) groups excluding carboxylic acids is 1. The lowest BCUT2D eigenvalue weighted by molar-refractivity contribution is -0.137. The highest BCUT2D eigenvalue weighted by atomic mass is 32.2. The van der Waals surface area contributed by atoms with Crippen molar-refractivity contribution in [3.63, 3.8) is 0 Å². The molecule has 0 saturated carbocycles. The van der Waals surface area contributed by atoms with E-state index in [4.69, 9.17) is 0 Å². The first-order chi connectivity index (χ1) is 15.6. The molecule has 1 heterocycles. The second-order valence-electron chi connectivity index (χ2n) is 7.61. The molecule has 5 nitrogen and oxygen atoms in total. The quantitative estimate of drug-likeness (QED) is 0.491. The summed E-state index contributed by atoms with van der Waals surface area (Å²) in [6.07, 6.45) is -4.44. The number of alkyl halides is 3. The molecule has 0 spiro atoms. The molecule has 0 atom stereocenters. The van der Waals surface area contributed by atoms with Gasteiger partial charge in [0.05, 0.1) is 16.2 Å². The summed E-state index contributed by atoms with van der Waals surface area (Å²) in [6, 6.07) is 17.3. The fourth-order valence-corrected chi connectivity index (χ4v) is 5.97. The van der Waals surface area contributed by atoms with E-state index in [1.54, 1.807) is 23.1 Å². The average molecular weight is 495 g/mol. The van der Waals surface area contributed by atoms with E-state index < -0.39 is 21.8 Å². The molecule has 1 saturated heterocycles. The number of amides is 1. The fourth-order valence-electron chi connectivity index (χ4n) is 3.65. The Balaban J connectivity index is 1.35. The van der Waals surface area contributed by atoms with Crippen molar-refractivity contribution in [1.29, 1.82) is 0 Å². The van der Waals surface area contributed by atoms with E-state index in [0.717, 1.165) is 34.7 Å². The molecule has 0 aromatic heterocycles. The van der Waals surface area contributed by atoms with Crippen LogP contribution in [0, 0.1) is 0 Å². The SMILES string of the molecule is O=C(CSc1cccc(C(F)(F)F)c1)N1CCN(S(=O)(=O)c2ccc3ccccc3c2)CC1. The third-order valence-electron chi connectivity index (χ3n) is 5.47. The highest BCUT2D eigenvalue weighted by Crippen LogP contribution is 2.32. The summed E-state index contributed by atoms with van der Waals surface area (Å²) in [5, 5.41) is 1.78. The van der Waals surface area contributed by atoms with Gasteiger partial charge in [-0.15, -0.1) is 11.8 Å². The number of nitrogens with zero attached hydrogens (tertiary/aromatic N) is 2. The van der Waals surface area contributed by atoms with Crippen molar-refractivity contribution < 1.29 is 26.4 Å². The van der Waals surface area contributed by atoms with Gasteiger partial charge in [-0.05, 0) is 41.1 Å². The molecule has 0 unspecified atom stereocenters. The average Bonchev–Trinajstić information content (AvgIpc) is 2.82. The van der Waals surface area contributed by atoms with Crippen LogP contribution in [0.4, 0.5) is 13.2 Å². The first-order valence-corrected chi connectivity index (χ1v) is 12.6. The number of hydrogen-bond acceptors (Lipinski definition) is 4. The Hall–Kier alpha value is -2.56. The zero-order chi connectivity index (χ0) is 23.6. The van der Waals surface area contributed by atoms with Gasteiger partial charge in [-0.2, -0.15) is 17.5 Å². The minimum atomic E-state index is -4.44. The molecule has 0 aliphatic carbocycles. The largest absolute Gasteiger partial charge is 0.416 e. The van der Waals surface area contributed by atoms with E-state index in [0.29, 0.717) is 4.90 Å². The molecule has 10 heteroatoms. The second kappa shape index (κ2) is 9.36. The van der Waals surface area contributed by atoms with Gasteiger partial charge < -0.3 is 4.90 Å². The lowest BCUT2D eigenvalue weighted by Crippen LogP contribution is -2.50. The van der Waals surface area contributed by atoms with Gasteiger partial charge in [-0.3, -0.25) is 4.79 Å². The number of rotatable bonds is 5. The third kappa shape index (κ3) is 5.34. The zero-order valence-corrected chi connectivity index (χ0v) is 19.1. The van der Waals surface area contributed by atoms with Gasteiger partial charge in [-0.25, -0.2) is 8.42 Å². The van der Waals surface area contributed by atoms with Crippen LogP contribution in [0.2, 0.25) is 0 Å². The first kappa shape index (κ1) is 23.6. The van der Waals surface area contributed by atoms with Crippen LogP contribution in [-0.4, -0.2) is 55.5 Å². The highest BCUT2D eigenvalue weighted by Gasteiger charge is 2.31. The Morgan fingerprint density at radius 3 is 2.27 bits per heavy atom. The Labute approximate surface area is 194 Å². The van der Waals surface area contributed by atoms with Crippen molar-refractivity contribution in [2.75, 3.05) is 31.9 Å². The van der Waals surface area contributed by atoms with Crippen molar-refractivity contribution >= 4 is 38.5 Å². The Morgan fingerprint density at radius 1 is 0.879 bits per heavy atom. The Morgan fingerprint density at radius 2 is 1.58 bits per heavy atom. The van der Waals surface area contributed by atoms with Crippen LogP contribution in [0.1, 0.15) is 5.56 Å². The molecule has 0 bridgehead atoms. The van der Waals surface area contributed by atoms with Crippen LogP contribution in [0.25, 0.3) is 10.8 Å². The van der Waals surface area contributed by atoms with E-state index in [1.165, 1.54) is 16.4 Å². The van der Waals surface area contributed by atoms with Crippen LogP contribution in [0.5, 0.6) is 0 Å². The monoisotopic (exact) mass is 494 g/mol. The fraction of sp³-hybridized carbons (Fsp3) is 0.261. The second-order valence-corrected chi connectivity index (χ2v) is 10.6. The number of hydrogen-bond donors (Lipinski definition) is 0. The molecule has 4 rings (SSSR count). The maximum absolute atomic E-state index is 13.1. The smallest absolute Gasteiger partial charge is 0.339 e. The van der Waals surface area contributed by atoms with E-state index in [-0.39, 0.29) is 42.7 Å². The molecule has 3 aromatic carbocycles. The van der Waals surface area contributed by atoms with E-state index in [2.05, 4.69) is 0 Å². The molecule has 3 aromatic rings. The summed E-state index contributed by atoms with van der Waals surface area (Å²) in [6.45, 7) is 0.786. The van der Waals surface area contributed by atoms with Gasteiger partial charge in [0.2, 0.25) is 15.9 Å². The van der Waals surface area contributed by atoms with Crippen LogP contribution >= 0.6 is 11.8 Å². The van der Waals surface area contributed by atoms with Gasteiger partial charge in [0.15, 0.2) is 0 Å². The summed E-state index contributed by atoms with van der Waals surface area (Å²) in [7, 11) is -3.69. The molecule has 174 valence electrons.